The van der Waals surface area contributed by atoms with E-state index in [-0.39, 0.29) is 22.6 Å². The van der Waals surface area contributed by atoms with Gasteiger partial charge in [0.15, 0.2) is 0 Å². The van der Waals surface area contributed by atoms with E-state index in [1.54, 1.807) is 13.0 Å². The van der Waals surface area contributed by atoms with Gasteiger partial charge < -0.3 is 10.4 Å². The maximum Gasteiger partial charge on any atom is 0.337 e. The van der Waals surface area contributed by atoms with Crippen molar-refractivity contribution in [2.24, 2.45) is 0 Å². The highest BCUT2D eigenvalue weighted by atomic mass is 19.1. The monoisotopic (exact) mass is 290 g/mol. The SMILES string of the molecule is Cc1ccc(F)c(Nc2cc([N+](=O)[O-])ccc2C(=O)O)c1. The van der Waals surface area contributed by atoms with Crippen molar-refractivity contribution in [1.82, 2.24) is 0 Å². The van der Waals surface area contributed by atoms with E-state index in [2.05, 4.69) is 5.32 Å². The summed E-state index contributed by atoms with van der Waals surface area (Å²) in [7, 11) is 0. The average Bonchev–Trinajstić information content (AvgIpc) is 2.42. The highest BCUT2D eigenvalue weighted by Crippen LogP contribution is 2.27. The number of rotatable bonds is 4. The number of non-ortho nitro benzene ring substituents is 1. The molecule has 0 saturated heterocycles. The van der Waals surface area contributed by atoms with Crippen LogP contribution in [0.1, 0.15) is 15.9 Å². The van der Waals surface area contributed by atoms with Gasteiger partial charge >= 0.3 is 5.97 Å². The molecule has 0 atom stereocenters. The van der Waals surface area contributed by atoms with E-state index in [1.807, 2.05) is 0 Å². The van der Waals surface area contributed by atoms with E-state index in [9.17, 15) is 19.3 Å². The van der Waals surface area contributed by atoms with E-state index in [0.717, 1.165) is 23.8 Å². The predicted octanol–water partition coefficient (Wildman–Crippen LogP) is 3.48. The maximum absolute atomic E-state index is 13.7. The van der Waals surface area contributed by atoms with Crippen molar-refractivity contribution < 1.29 is 19.2 Å². The number of anilines is 2. The van der Waals surface area contributed by atoms with Gasteiger partial charge in [-0.3, -0.25) is 10.1 Å². The van der Waals surface area contributed by atoms with Crippen molar-refractivity contribution in [3.63, 3.8) is 0 Å². The van der Waals surface area contributed by atoms with Gasteiger partial charge in [0.25, 0.3) is 5.69 Å². The van der Waals surface area contributed by atoms with Crippen LogP contribution in [0.2, 0.25) is 0 Å². The molecule has 0 aliphatic rings. The second-order valence-corrected chi connectivity index (χ2v) is 4.40. The Kier molecular flexibility index (Phi) is 3.84. The third-order valence-corrected chi connectivity index (χ3v) is 2.84. The Morgan fingerprint density at radius 2 is 1.95 bits per heavy atom. The molecule has 0 saturated carbocycles. The van der Waals surface area contributed by atoms with Gasteiger partial charge in [0, 0.05) is 12.1 Å². The summed E-state index contributed by atoms with van der Waals surface area (Å²) in [6.07, 6.45) is 0. The Bertz CT molecular complexity index is 731. The van der Waals surface area contributed by atoms with Crippen molar-refractivity contribution in [1.29, 1.82) is 0 Å². The number of hydrogen-bond donors (Lipinski definition) is 2. The molecule has 108 valence electrons. The first-order chi connectivity index (χ1) is 9.88. The summed E-state index contributed by atoms with van der Waals surface area (Å²) in [5.74, 6) is -1.84. The van der Waals surface area contributed by atoms with E-state index in [0.29, 0.717) is 0 Å². The van der Waals surface area contributed by atoms with Crippen LogP contribution >= 0.6 is 0 Å². The van der Waals surface area contributed by atoms with Gasteiger partial charge in [-0.25, -0.2) is 9.18 Å². The summed E-state index contributed by atoms with van der Waals surface area (Å²) < 4.78 is 13.7. The molecule has 7 heteroatoms. The largest absolute Gasteiger partial charge is 0.478 e. The molecule has 2 aromatic carbocycles. The molecule has 21 heavy (non-hydrogen) atoms. The van der Waals surface area contributed by atoms with E-state index < -0.39 is 16.7 Å². The zero-order valence-electron chi connectivity index (χ0n) is 11.0. The summed E-state index contributed by atoms with van der Waals surface area (Å²) in [4.78, 5) is 21.3. The van der Waals surface area contributed by atoms with Crippen LogP contribution in [0.15, 0.2) is 36.4 Å². The average molecular weight is 290 g/mol. The third kappa shape index (κ3) is 3.14. The minimum atomic E-state index is -1.26. The normalized spacial score (nSPS) is 10.2. The number of benzene rings is 2. The number of halogens is 1. The molecule has 0 radical (unpaired) electrons. The minimum absolute atomic E-state index is 0.0406. The van der Waals surface area contributed by atoms with Crippen molar-refractivity contribution in [3.8, 4) is 0 Å². The lowest BCUT2D eigenvalue weighted by molar-refractivity contribution is -0.384. The number of nitrogens with one attached hydrogen (secondary N) is 1. The lowest BCUT2D eigenvalue weighted by Crippen LogP contribution is -2.04. The molecule has 0 aromatic heterocycles. The molecular weight excluding hydrogens is 279 g/mol. The predicted molar refractivity (Wildman–Crippen MR) is 74.5 cm³/mol. The number of carboxylic acid groups (broad SMARTS) is 1. The minimum Gasteiger partial charge on any atom is -0.478 e. The van der Waals surface area contributed by atoms with Gasteiger partial charge in [-0.1, -0.05) is 6.07 Å². The standard InChI is InChI=1S/C14H11FN2O4/c1-8-2-5-11(15)13(6-8)16-12-7-9(17(20)21)3-4-10(12)14(18)19/h2-7,16H,1H3,(H,18,19). The molecule has 0 spiro atoms. The smallest absolute Gasteiger partial charge is 0.337 e. The Labute approximate surface area is 119 Å². The van der Waals surface area contributed by atoms with Crippen LogP contribution in [0.3, 0.4) is 0 Å². The first-order valence-corrected chi connectivity index (χ1v) is 5.93. The molecule has 2 aromatic rings. The van der Waals surface area contributed by atoms with E-state index in [4.69, 9.17) is 5.11 Å². The highest BCUT2D eigenvalue weighted by molar-refractivity contribution is 5.95. The quantitative estimate of drug-likeness (QED) is 0.664. The number of nitro benzene ring substituents is 1. The summed E-state index contributed by atoms with van der Waals surface area (Å²) >= 11 is 0. The fourth-order valence-corrected chi connectivity index (χ4v) is 1.82. The van der Waals surface area contributed by atoms with E-state index >= 15 is 0 Å². The Morgan fingerprint density at radius 3 is 2.57 bits per heavy atom. The van der Waals surface area contributed by atoms with Crippen LogP contribution < -0.4 is 5.32 Å². The lowest BCUT2D eigenvalue weighted by Gasteiger charge is -2.11. The number of aromatic carboxylic acids is 1. The van der Waals surface area contributed by atoms with Crippen LogP contribution in [0.5, 0.6) is 0 Å². The number of hydrogen-bond acceptors (Lipinski definition) is 4. The summed E-state index contributed by atoms with van der Waals surface area (Å²) in [6.45, 7) is 1.75. The van der Waals surface area contributed by atoms with Crippen LogP contribution in [0.25, 0.3) is 0 Å². The first kappa shape index (κ1) is 14.4. The third-order valence-electron chi connectivity index (χ3n) is 2.84. The second-order valence-electron chi connectivity index (χ2n) is 4.40. The molecule has 0 aliphatic heterocycles. The molecule has 2 N–H and O–H groups in total. The Morgan fingerprint density at radius 1 is 1.24 bits per heavy atom. The van der Waals surface area contributed by atoms with Crippen molar-refractivity contribution in [2.45, 2.75) is 6.92 Å². The van der Waals surface area contributed by atoms with Crippen molar-refractivity contribution in [3.05, 3.63) is 63.5 Å². The topological polar surface area (TPSA) is 92.5 Å². The van der Waals surface area contributed by atoms with Gasteiger partial charge in [-0.2, -0.15) is 0 Å². The van der Waals surface area contributed by atoms with Gasteiger partial charge in [0.05, 0.1) is 21.9 Å². The number of nitrogens with zero attached hydrogens (tertiary/aromatic N) is 1. The van der Waals surface area contributed by atoms with Crippen LogP contribution in [-0.4, -0.2) is 16.0 Å². The number of carbonyl (C=O) groups is 1. The first-order valence-electron chi connectivity index (χ1n) is 5.93. The Balaban J connectivity index is 2.50. The zero-order chi connectivity index (χ0) is 15.6. The number of carboxylic acids is 1. The fraction of sp³-hybridized carbons (Fsp3) is 0.0714. The van der Waals surface area contributed by atoms with Gasteiger partial charge in [0.2, 0.25) is 0 Å². The molecule has 0 fully saturated rings. The molecule has 2 rings (SSSR count). The number of nitro groups is 1. The maximum atomic E-state index is 13.7. The summed E-state index contributed by atoms with van der Waals surface area (Å²) in [5, 5.41) is 22.5. The van der Waals surface area contributed by atoms with Gasteiger partial charge in [-0.15, -0.1) is 0 Å². The summed E-state index contributed by atoms with van der Waals surface area (Å²) in [5.41, 5.74) is 0.317. The molecule has 0 heterocycles. The molecule has 0 aliphatic carbocycles. The Hall–Kier alpha value is -2.96. The summed E-state index contributed by atoms with van der Waals surface area (Å²) in [6, 6.07) is 7.53. The second kappa shape index (κ2) is 5.58. The molecular formula is C14H11FN2O4. The highest BCUT2D eigenvalue weighted by Gasteiger charge is 2.16. The molecule has 0 amide bonds. The fourth-order valence-electron chi connectivity index (χ4n) is 1.82. The van der Waals surface area contributed by atoms with Crippen LogP contribution in [-0.2, 0) is 0 Å². The lowest BCUT2D eigenvalue weighted by atomic mass is 10.1. The van der Waals surface area contributed by atoms with Crippen LogP contribution in [0, 0.1) is 22.9 Å². The van der Waals surface area contributed by atoms with Gasteiger partial charge in [0.1, 0.15) is 5.82 Å². The zero-order valence-corrected chi connectivity index (χ0v) is 11.0. The van der Waals surface area contributed by atoms with Gasteiger partial charge in [-0.05, 0) is 30.7 Å². The molecule has 0 unspecified atom stereocenters. The van der Waals surface area contributed by atoms with E-state index in [1.165, 1.54) is 12.1 Å². The van der Waals surface area contributed by atoms with Crippen molar-refractivity contribution >= 4 is 23.0 Å². The molecule has 0 bridgehead atoms. The van der Waals surface area contributed by atoms with Crippen LogP contribution in [0.4, 0.5) is 21.5 Å². The van der Waals surface area contributed by atoms with Crippen molar-refractivity contribution in [2.75, 3.05) is 5.32 Å². The number of aryl methyl sites for hydroxylation is 1. The molecule has 6 nitrogen and oxygen atoms in total.